The maximum atomic E-state index is 13.1. The van der Waals surface area contributed by atoms with Crippen molar-refractivity contribution in [2.45, 2.75) is 38.2 Å². The van der Waals surface area contributed by atoms with Gasteiger partial charge in [-0.05, 0) is 37.0 Å². The van der Waals surface area contributed by atoms with Crippen molar-refractivity contribution in [3.63, 3.8) is 0 Å². The van der Waals surface area contributed by atoms with Crippen molar-refractivity contribution in [2.24, 2.45) is 11.1 Å². The van der Waals surface area contributed by atoms with Gasteiger partial charge in [0.2, 0.25) is 0 Å². The van der Waals surface area contributed by atoms with E-state index < -0.39 is 0 Å². The van der Waals surface area contributed by atoms with E-state index >= 15 is 0 Å². The van der Waals surface area contributed by atoms with E-state index in [1.54, 1.807) is 6.07 Å². The summed E-state index contributed by atoms with van der Waals surface area (Å²) < 4.78 is 13.8. The zero-order valence-corrected chi connectivity index (χ0v) is 11.9. The zero-order valence-electron chi connectivity index (χ0n) is 10.3. The fourth-order valence-corrected chi connectivity index (χ4v) is 3.34. The van der Waals surface area contributed by atoms with Crippen molar-refractivity contribution in [1.29, 1.82) is 0 Å². The molecule has 2 rings (SSSR count). The summed E-state index contributed by atoms with van der Waals surface area (Å²) in [5.41, 5.74) is 6.67. The van der Waals surface area contributed by atoms with Crippen LogP contribution in [0.5, 0.6) is 0 Å². The first-order chi connectivity index (χ1) is 8.57. The van der Waals surface area contributed by atoms with Crippen LogP contribution in [0.15, 0.2) is 22.7 Å². The third-order valence-electron chi connectivity index (χ3n) is 4.07. The van der Waals surface area contributed by atoms with E-state index in [1.165, 1.54) is 12.1 Å². The fourth-order valence-electron chi connectivity index (χ4n) is 2.85. The predicted molar refractivity (Wildman–Crippen MR) is 73.8 cm³/mol. The average molecular weight is 316 g/mol. The SMILES string of the molecule is NCC1(Cc2ccc(F)cc2Br)CCCCC1O. The number of hydrogen-bond acceptors (Lipinski definition) is 2. The summed E-state index contributed by atoms with van der Waals surface area (Å²) in [6, 6.07) is 4.70. The van der Waals surface area contributed by atoms with Crippen LogP contribution in [0.3, 0.4) is 0 Å². The third kappa shape index (κ3) is 2.76. The smallest absolute Gasteiger partial charge is 0.124 e. The van der Waals surface area contributed by atoms with Crippen LogP contribution in [0, 0.1) is 11.2 Å². The molecule has 0 spiro atoms. The minimum atomic E-state index is -0.354. The molecule has 1 saturated carbocycles. The number of aliphatic hydroxyl groups is 1. The summed E-state index contributed by atoms with van der Waals surface area (Å²) in [6.45, 7) is 0.470. The molecule has 0 saturated heterocycles. The topological polar surface area (TPSA) is 46.2 Å². The fraction of sp³-hybridized carbons (Fsp3) is 0.571. The molecule has 2 unspecified atom stereocenters. The summed E-state index contributed by atoms with van der Waals surface area (Å²) in [4.78, 5) is 0. The summed E-state index contributed by atoms with van der Waals surface area (Å²) in [5.74, 6) is -0.253. The quantitative estimate of drug-likeness (QED) is 0.900. The average Bonchev–Trinajstić information content (AvgIpc) is 2.35. The van der Waals surface area contributed by atoms with Crippen LogP contribution in [0.4, 0.5) is 4.39 Å². The maximum Gasteiger partial charge on any atom is 0.124 e. The molecule has 100 valence electrons. The lowest BCUT2D eigenvalue weighted by Gasteiger charge is -2.41. The molecule has 1 aliphatic rings. The van der Waals surface area contributed by atoms with Crippen LogP contribution in [-0.2, 0) is 6.42 Å². The third-order valence-corrected chi connectivity index (χ3v) is 4.81. The second kappa shape index (κ2) is 5.68. The number of hydrogen-bond donors (Lipinski definition) is 2. The number of aliphatic hydroxyl groups excluding tert-OH is 1. The minimum absolute atomic E-state index is 0.251. The van der Waals surface area contributed by atoms with Crippen molar-refractivity contribution in [3.05, 3.63) is 34.1 Å². The Labute approximate surface area is 116 Å². The Morgan fingerprint density at radius 3 is 2.83 bits per heavy atom. The van der Waals surface area contributed by atoms with Gasteiger partial charge in [-0.25, -0.2) is 4.39 Å². The van der Waals surface area contributed by atoms with Gasteiger partial charge in [0.25, 0.3) is 0 Å². The molecule has 1 aromatic rings. The number of nitrogens with two attached hydrogens (primary N) is 1. The molecule has 0 radical (unpaired) electrons. The highest BCUT2D eigenvalue weighted by Gasteiger charge is 2.39. The van der Waals surface area contributed by atoms with Crippen LogP contribution < -0.4 is 5.73 Å². The molecule has 0 heterocycles. The van der Waals surface area contributed by atoms with Gasteiger partial charge in [-0.3, -0.25) is 0 Å². The predicted octanol–water partition coefficient (Wildman–Crippen LogP) is 3.01. The zero-order chi connectivity index (χ0) is 13.2. The van der Waals surface area contributed by atoms with Crippen molar-refractivity contribution in [2.75, 3.05) is 6.54 Å². The highest BCUT2D eigenvalue weighted by Crippen LogP contribution is 2.40. The maximum absolute atomic E-state index is 13.1. The Kier molecular flexibility index (Phi) is 4.41. The van der Waals surface area contributed by atoms with Gasteiger partial charge < -0.3 is 10.8 Å². The van der Waals surface area contributed by atoms with Gasteiger partial charge in [-0.1, -0.05) is 34.8 Å². The molecular formula is C14H19BrFNO. The first kappa shape index (κ1) is 14.0. The van der Waals surface area contributed by atoms with Crippen LogP contribution in [0.2, 0.25) is 0 Å². The van der Waals surface area contributed by atoms with Crippen LogP contribution >= 0.6 is 15.9 Å². The molecule has 0 amide bonds. The van der Waals surface area contributed by atoms with E-state index in [4.69, 9.17) is 5.73 Å². The Morgan fingerprint density at radius 2 is 2.22 bits per heavy atom. The number of benzene rings is 1. The first-order valence-electron chi connectivity index (χ1n) is 6.39. The van der Waals surface area contributed by atoms with Crippen molar-refractivity contribution < 1.29 is 9.50 Å². The van der Waals surface area contributed by atoms with Gasteiger partial charge in [0.05, 0.1) is 6.10 Å². The van der Waals surface area contributed by atoms with Gasteiger partial charge in [-0.2, -0.15) is 0 Å². The summed E-state index contributed by atoms with van der Waals surface area (Å²) in [7, 11) is 0. The molecule has 1 fully saturated rings. The Hall–Kier alpha value is -0.450. The molecule has 1 aliphatic carbocycles. The number of rotatable bonds is 3. The van der Waals surface area contributed by atoms with E-state index in [2.05, 4.69) is 15.9 Å². The molecule has 2 nitrogen and oxygen atoms in total. The summed E-state index contributed by atoms with van der Waals surface area (Å²) in [6.07, 6.45) is 4.27. The van der Waals surface area contributed by atoms with Crippen molar-refractivity contribution in [1.82, 2.24) is 0 Å². The van der Waals surface area contributed by atoms with Crippen LogP contribution in [0.25, 0.3) is 0 Å². The second-order valence-corrected chi connectivity index (χ2v) is 6.09. The Balaban J connectivity index is 2.24. The van der Waals surface area contributed by atoms with E-state index in [9.17, 15) is 9.50 Å². The van der Waals surface area contributed by atoms with E-state index in [1.807, 2.05) is 0 Å². The number of halogens is 2. The van der Waals surface area contributed by atoms with E-state index in [-0.39, 0.29) is 17.3 Å². The first-order valence-corrected chi connectivity index (χ1v) is 7.19. The molecule has 4 heteroatoms. The highest BCUT2D eigenvalue weighted by molar-refractivity contribution is 9.10. The Morgan fingerprint density at radius 1 is 1.44 bits per heavy atom. The van der Waals surface area contributed by atoms with Crippen LogP contribution in [-0.4, -0.2) is 17.8 Å². The molecular weight excluding hydrogens is 297 g/mol. The highest BCUT2D eigenvalue weighted by atomic mass is 79.9. The van der Waals surface area contributed by atoms with Gasteiger partial charge >= 0.3 is 0 Å². The lowest BCUT2D eigenvalue weighted by Crippen LogP contribution is -2.45. The van der Waals surface area contributed by atoms with Crippen molar-refractivity contribution >= 4 is 15.9 Å². The van der Waals surface area contributed by atoms with Gasteiger partial charge in [0, 0.05) is 16.4 Å². The normalized spacial score (nSPS) is 28.3. The molecule has 0 aromatic heterocycles. The second-order valence-electron chi connectivity index (χ2n) is 5.24. The van der Waals surface area contributed by atoms with E-state index in [0.717, 1.165) is 35.7 Å². The molecule has 3 N–H and O–H groups in total. The van der Waals surface area contributed by atoms with Crippen molar-refractivity contribution in [3.8, 4) is 0 Å². The lowest BCUT2D eigenvalue weighted by atomic mass is 9.68. The van der Waals surface area contributed by atoms with Gasteiger partial charge in [-0.15, -0.1) is 0 Å². The van der Waals surface area contributed by atoms with Gasteiger partial charge in [0.1, 0.15) is 5.82 Å². The lowest BCUT2D eigenvalue weighted by molar-refractivity contribution is -0.00595. The van der Waals surface area contributed by atoms with E-state index in [0.29, 0.717) is 13.0 Å². The van der Waals surface area contributed by atoms with Crippen LogP contribution in [0.1, 0.15) is 31.2 Å². The molecule has 1 aromatic carbocycles. The minimum Gasteiger partial charge on any atom is -0.392 e. The largest absolute Gasteiger partial charge is 0.392 e. The van der Waals surface area contributed by atoms with Gasteiger partial charge in [0.15, 0.2) is 0 Å². The summed E-state index contributed by atoms with van der Waals surface area (Å²) >= 11 is 3.38. The Bertz CT molecular complexity index is 426. The standard InChI is InChI=1S/C14H19BrFNO/c15-12-7-11(16)5-4-10(12)8-14(9-17)6-2-1-3-13(14)18/h4-5,7,13,18H,1-3,6,8-9,17H2. The monoisotopic (exact) mass is 315 g/mol. The molecule has 0 bridgehead atoms. The molecule has 0 aliphatic heterocycles. The molecule has 2 atom stereocenters. The molecule has 18 heavy (non-hydrogen) atoms. The summed E-state index contributed by atoms with van der Waals surface area (Å²) in [5, 5.41) is 10.3.